The van der Waals surface area contributed by atoms with Crippen molar-refractivity contribution in [3.63, 3.8) is 0 Å². The van der Waals surface area contributed by atoms with Crippen LogP contribution in [-0.4, -0.2) is 35.1 Å². The Balaban J connectivity index is 2.46. The Morgan fingerprint density at radius 3 is 2.59 bits per heavy atom. The molecule has 0 atom stereocenters. The molecule has 0 unspecified atom stereocenters. The molecule has 0 bridgehead atoms. The number of methoxy groups -OCH3 is 1. The van der Waals surface area contributed by atoms with Crippen LogP contribution in [0.4, 0.5) is 5.95 Å². The third-order valence-electron chi connectivity index (χ3n) is 2.80. The first-order valence-electron chi connectivity index (χ1n) is 5.67. The quantitative estimate of drug-likeness (QED) is 0.744. The lowest BCUT2D eigenvalue weighted by molar-refractivity contribution is 0.198. The van der Waals surface area contributed by atoms with Gasteiger partial charge in [-0.2, -0.15) is 0 Å². The topological polar surface area (TPSA) is 60.2 Å². The van der Waals surface area contributed by atoms with Gasteiger partial charge in [0.15, 0.2) is 0 Å². The number of fused-ring (bicyclic) bond motifs is 1. The molecule has 0 aliphatic carbocycles. The zero-order chi connectivity index (χ0) is 12.6. The van der Waals surface area contributed by atoms with E-state index in [2.05, 4.69) is 10.2 Å². The van der Waals surface area contributed by atoms with Crippen molar-refractivity contribution in [2.75, 3.05) is 25.3 Å². The molecular weight excluding hydrogens is 220 g/mol. The molecule has 1 aromatic heterocycles. The summed E-state index contributed by atoms with van der Waals surface area (Å²) in [5.41, 5.74) is 0.197. The number of rotatable bonds is 2. The fraction of sp³-hybridized carbons (Fsp3) is 0.727. The van der Waals surface area contributed by atoms with E-state index in [0.717, 1.165) is 6.54 Å². The van der Waals surface area contributed by atoms with Crippen LogP contribution in [0.2, 0.25) is 0 Å². The number of hydrogen-bond acceptors (Lipinski definition) is 5. The SMILES string of the molecule is COCN1CCn2c1nnc(C(C)(C)C)c2=O. The molecule has 0 radical (unpaired) electrons. The van der Waals surface area contributed by atoms with Gasteiger partial charge in [-0.3, -0.25) is 9.36 Å². The van der Waals surface area contributed by atoms with Crippen LogP contribution in [0.3, 0.4) is 0 Å². The minimum absolute atomic E-state index is 0.0406. The zero-order valence-electron chi connectivity index (χ0n) is 10.7. The largest absolute Gasteiger partial charge is 0.364 e. The zero-order valence-corrected chi connectivity index (χ0v) is 10.7. The highest BCUT2D eigenvalue weighted by Crippen LogP contribution is 2.19. The van der Waals surface area contributed by atoms with E-state index in [1.165, 1.54) is 0 Å². The molecule has 0 N–H and O–H groups in total. The average molecular weight is 238 g/mol. The molecule has 0 fully saturated rings. The van der Waals surface area contributed by atoms with Crippen LogP contribution in [0.25, 0.3) is 0 Å². The molecule has 1 aromatic rings. The number of hydrogen-bond donors (Lipinski definition) is 0. The van der Waals surface area contributed by atoms with Gasteiger partial charge in [-0.15, -0.1) is 10.2 Å². The second-order valence-corrected chi connectivity index (χ2v) is 5.24. The first-order valence-corrected chi connectivity index (χ1v) is 5.67. The summed E-state index contributed by atoms with van der Waals surface area (Å²) < 4.78 is 6.74. The van der Waals surface area contributed by atoms with Gasteiger partial charge < -0.3 is 9.64 Å². The van der Waals surface area contributed by atoms with Crippen LogP contribution < -0.4 is 10.5 Å². The Hall–Kier alpha value is -1.43. The monoisotopic (exact) mass is 238 g/mol. The molecule has 0 saturated heterocycles. The predicted molar refractivity (Wildman–Crippen MR) is 64.2 cm³/mol. The smallest absolute Gasteiger partial charge is 0.277 e. The summed E-state index contributed by atoms with van der Waals surface area (Å²) in [7, 11) is 1.62. The molecule has 17 heavy (non-hydrogen) atoms. The number of nitrogens with zero attached hydrogens (tertiary/aromatic N) is 4. The molecule has 0 saturated carbocycles. The molecule has 0 amide bonds. The van der Waals surface area contributed by atoms with E-state index in [0.29, 0.717) is 24.9 Å². The van der Waals surface area contributed by atoms with Gasteiger partial charge in [0.05, 0.1) is 0 Å². The van der Waals surface area contributed by atoms with E-state index in [1.54, 1.807) is 11.7 Å². The van der Waals surface area contributed by atoms with Gasteiger partial charge in [-0.1, -0.05) is 20.8 Å². The minimum Gasteiger partial charge on any atom is -0.364 e. The molecule has 1 aliphatic rings. The Kier molecular flexibility index (Phi) is 2.91. The van der Waals surface area contributed by atoms with Gasteiger partial charge in [0.2, 0.25) is 5.95 Å². The van der Waals surface area contributed by atoms with Crippen LogP contribution in [-0.2, 0) is 16.7 Å². The Morgan fingerprint density at radius 1 is 1.29 bits per heavy atom. The van der Waals surface area contributed by atoms with E-state index in [1.807, 2.05) is 25.7 Å². The first-order chi connectivity index (χ1) is 7.95. The Bertz CT molecular complexity index is 475. The lowest BCUT2D eigenvalue weighted by Gasteiger charge is -2.18. The van der Waals surface area contributed by atoms with Gasteiger partial charge in [-0.25, -0.2) is 0 Å². The van der Waals surface area contributed by atoms with Gasteiger partial charge in [0.1, 0.15) is 12.4 Å². The highest BCUT2D eigenvalue weighted by atomic mass is 16.5. The molecule has 2 rings (SSSR count). The van der Waals surface area contributed by atoms with Gasteiger partial charge in [0.25, 0.3) is 5.56 Å². The van der Waals surface area contributed by atoms with Gasteiger partial charge in [0, 0.05) is 25.6 Å². The van der Waals surface area contributed by atoms with Crippen molar-refractivity contribution in [1.29, 1.82) is 0 Å². The van der Waals surface area contributed by atoms with Crippen molar-refractivity contribution in [3.8, 4) is 0 Å². The second-order valence-electron chi connectivity index (χ2n) is 5.24. The van der Waals surface area contributed by atoms with Crippen LogP contribution in [0.15, 0.2) is 4.79 Å². The fourth-order valence-electron chi connectivity index (χ4n) is 1.92. The summed E-state index contributed by atoms with van der Waals surface area (Å²) in [5.74, 6) is 0.602. The standard InChI is InChI=1S/C11H18N4O2/c1-11(2,3)8-9(16)15-6-5-14(7-17-4)10(15)13-12-8/h5-7H2,1-4H3. The summed E-state index contributed by atoms with van der Waals surface area (Å²) in [6.45, 7) is 7.72. The Labute approximate surface area is 100 Å². The summed E-state index contributed by atoms with van der Waals surface area (Å²) in [5, 5.41) is 8.22. The van der Waals surface area contributed by atoms with Gasteiger partial charge >= 0.3 is 0 Å². The van der Waals surface area contributed by atoms with Crippen molar-refractivity contribution in [1.82, 2.24) is 14.8 Å². The third-order valence-corrected chi connectivity index (χ3v) is 2.80. The van der Waals surface area contributed by atoms with E-state index in [9.17, 15) is 4.79 Å². The van der Waals surface area contributed by atoms with Crippen molar-refractivity contribution < 1.29 is 4.74 Å². The van der Waals surface area contributed by atoms with Crippen molar-refractivity contribution in [3.05, 3.63) is 16.0 Å². The summed E-state index contributed by atoms with van der Waals surface area (Å²) in [6, 6.07) is 0. The molecule has 1 aliphatic heterocycles. The van der Waals surface area contributed by atoms with Crippen LogP contribution >= 0.6 is 0 Å². The van der Waals surface area contributed by atoms with Crippen molar-refractivity contribution in [2.24, 2.45) is 0 Å². The van der Waals surface area contributed by atoms with Gasteiger partial charge in [-0.05, 0) is 0 Å². The van der Waals surface area contributed by atoms with Crippen molar-refractivity contribution >= 4 is 5.95 Å². The lowest BCUT2D eigenvalue weighted by Crippen LogP contribution is -2.33. The van der Waals surface area contributed by atoms with Crippen LogP contribution in [0, 0.1) is 0 Å². The maximum Gasteiger partial charge on any atom is 0.277 e. The number of aromatic nitrogens is 3. The molecular formula is C11H18N4O2. The van der Waals surface area contributed by atoms with Crippen LogP contribution in [0.5, 0.6) is 0 Å². The molecule has 0 aromatic carbocycles. The van der Waals surface area contributed by atoms with E-state index in [-0.39, 0.29) is 11.0 Å². The first kappa shape index (κ1) is 12.0. The van der Waals surface area contributed by atoms with Crippen LogP contribution in [0.1, 0.15) is 26.5 Å². The maximum atomic E-state index is 12.3. The predicted octanol–water partition coefficient (Wildman–Crippen LogP) is 0.360. The van der Waals surface area contributed by atoms with E-state index < -0.39 is 0 Å². The summed E-state index contributed by atoms with van der Waals surface area (Å²) in [4.78, 5) is 14.2. The highest BCUT2D eigenvalue weighted by Gasteiger charge is 2.28. The number of ether oxygens (including phenoxy) is 1. The summed E-state index contributed by atoms with van der Waals surface area (Å²) >= 11 is 0. The van der Waals surface area contributed by atoms with E-state index >= 15 is 0 Å². The van der Waals surface area contributed by atoms with Crippen molar-refractivity contribution in [2.45, 2.75) is 32.7 Å². The molecule has 94 valence electrons. The summed E-state index contributed by atoms with van der Waals surface area (Å²) in [6.07, 6.45) is 0. The second kappa shape index (κ2) is 4.10. The molecule has 2 heterocycles. The normalized spacial score (nSPS) is 15.2. The van der Waals surface area contributed by atoms with E-state index in [4.69, 9.17) is 4.74 Å². The minimum atomic E-state index is -0.277. The molecule has 6 nitrogen and oxygen atoms in total. The maximum absolute atomic E-state index is 12.3. The Morgan fingerprint density at radius 2 is 2.00 bits per heavy atom. The average Bonchev–Trinajstić information content (AvgIpc) is 2.62. The third kappa shape index (κ3) is 2.04. The molecule has 0 spiro atoms. The lowest BCUT2D eigenvalue weighted by atomic mass is 9.93. The number of anilines is 1. The highest BCUT2D eigenvalue weighted by molar-refractivity contribution is 5.33. The molecule has 6 heteroatoms. The fourth-order valence-corrected chi connectivity index (χ4v) is 1.92.